The molecule has 1 atom stereocenters. The Hall–Kier alpha value is -3.85. The van der Waals surface area contributed by atoms with Crippen LogP contribution in [0.25, 0.3) is 28.2 Å². The second-order valence-corrected chi connectivity index (χ2v) is 8.76. The smallest absolute Gasteiger partial charge is 0.356 e. The summed E-state index contributed by atoms with van der Waals surface area (Å²) in [6.45, 7) is 5.15. The zero-order chi connectivity index (χ0) is 23.3. The third-order valence-electron chi connectivity index (χ3n) is 6.02. The lowest BCUT2D eigenvalue weighted by Crippen LogP contribution is -2.20. The fourth-order valence-electron chi connectivity index (χ4n) is 4.53. The van der Waals surface area contributed by atoms with Crippen LogP contribution in [0.3, 0.4) is 0 Å². The molecule has 1 unspecified atom stereocenters. The lowest BCUT2D eigenvalue weighted by Gasteiger charge is -2.28. The molecule has 0 bridgehead atoms. The molecule has 1 aliphatic rings. The van der Waals surface area contributed by atoms with Gasteiger partial charge in [-0.3, -0.25) is 0 Å². The second kappa shape index (κ2) is 7.63. The minimum Gasteiger partial charge on any atom is -0.476 e. The molecule has 2 aromatic carbocycles. The number of nitrogens with one attached hydrogen (secondary N) is 1. The largest absolute Gasteiger partial charge is 0.476 e. The van der Waals surface area contributed by atoms with Crippen molar-refractivity contribution < 1.29 is 15.0 Å². The predicted octanol–water partition coefficient (Wildman–Crippen LogP) is 3.89. The molecule has 5 rings (SSSR count). The molecule has 0 saturated carbocycles. The van der Waals surface area contributed by atoms with Gasteiger partial charge in [0.25, 0.3) is 0 Å². The second-order valence-electron chi connectivity index (χ2n) is 8.76. The van der Waals surface area contributed by atoms with Crippen molar-refractivity contribution in [1.82, 2.24) is 30.2 Å². The molecule has 168 valence electrons. The van der Waals surface area contributed by atoms with Gasteiger partial charge >= 0.3 is 5.97 Å². The first-order valence-corrected chi connectivity index (χ1v) is 10.9. The number of imidazole rings is 1. The molecule has 33 heavy (non-hydrogen) atoms. The van der Waals surface area contributed by atoms with E-state index in [2.05, 4.69) is 38.5 Å². The summed E-state index contributed by atoms with van der Waals surface area (Å²) in [6.07, 6.45) is 1.59. The van der Waals surface area contributed by atoms with E-state index in [1.807, 2.05) is 36.4 Å². The maximum Gasteiger partial charge on any atom is 0.356 e. The number of carboxylic acid groups (broad SMARTS) is 1. The van der Waals surface area contributed by atoms with Gasteiger partial charge in [-0.25, -0.2) is 9.78 Å². The van der Waals surface area contributed by atoms with Crippen molar-refractivity contribution in [3.63, 3.8) is 0 Å². The van der Waals surface area contributed by atoms with E-state index in [1.54, 1.807) is 18.5 Å². The van der Waals surface area contributed by atoms with Gasteiger partial charge in [-0.15, -0.1) is 5.10 Å². The van der Waals surface area contributed by atoms with E-state index in [0.717, 1.165) is 40.8 Å². The SMILES string of the molecule is CCCC(c1nc(C(=O)O)c(C(C)(C)O)[nH]1)c1ccc(-c2ccccc2)c2c1-c1nnnn1-2. The summed E-state index contributed by atoms with van der Waals surface area (Å²) >= 11 is 0. The van der Waals surface area contributed by atoms with Gasteiger partial charge in [-0.1, -0.05) is 55.8 Å². The van der Waals surface area contributed by atoms with Crippen molar-refractivity contribution in [2.45, 2.75) is 45.1 Å². The number of aromatic nitrogens is 6. The summed E-state index contributed by atoms with van der Waals surface area (Å²) in [7, 11) is 0. The first kappa shape index (κ1) is 21.0. The molecule has 0 spiro atoms. The maximum absolute atomic E-state index is 11.8. The summed E-state index contributed by atoms with van der Waals surface area (Å²) in [5.41, 5.74) is 3.57. The number of carbonyl (C=O) groups is 1. The number of nitrogens with zero attached hydrogens (tertiary/aromatic N) is 5. The van der Waals surface area contributed by atoms with E-state index in [0.29, 0.717) is 11.6 Å². The van der Waals surface area contributed by atoms with Crippen LogP contribution in [-0.4, -0.2) is 46.4 Å². The Balaban J connectivity index is 1.69. The molecule has 3 heterocycles. The number of fused-ring (bicyclic) bond motifs is 4. The molecular weight excluding hydrogens is 420 g/mol. The monoisotopic (exact) mass is 444 g/mol. The Bertz CT molecular complexity index is 1350. The van der Waals surface area contributed by atoms with Gasteiger partial charge in [0.1, 0.15) is 11.4 Å². The Morgan fingerprint density at radius 3 is 2.58 bits per heavy atom. The highest BCUT2D eigenvalue weighted by molar-refractivity contribution is 5.92. The van der Waals surface area contributed by atoms with E-state index >= 15 is 0 Å². The highest BCUT2D eigenvalue weighted by atomic mass is 16.4. The highest BCUT2D eigenvalue weighted by Gasteiger charge is 2.37. The average Bonchev–Trinajstić information content (AvgIpc) is 3.40. The number of aromatic amines is 1. The summed E-state index contributed by atoms with van der Waals surface area (Å²) < 4.78 is 1.73. The van der Waals surface area contributed by atoms with Gasteiger partial charge < -0.3 is 15.2 Å². The van der Waals surface area contributed by atoms with Crippen LogP contribution >= 0.6 is 0 Å². The van der Waals surface area contributed by atoms with Crippen molar-refractivity contribution in [3.8, 4) is 28.2 Å². The van der Waals surface area contributed by atoms with Crippen molar-refractivity contribution in [2.24, 2.45) is 0 Å². The van der Waals surface area contributed by atoms with Crippen molar-refractivity contribution in [1.29, 1.82) is 0 Å². The topological polar surface area (TPSA) is 130 Å². The normalized spacial score (nSPS) is 13.2. The Kier molecular flexibility index (Phi) is 4.86. The Labute approximate surface area is 190 Å². The molecule has 0 aliphatic carbocycles. The summed E-state index contributed by atoms with van der Waals surface area (Å²) in [4.78, 5) is 19.4. The molecule has 9 heteroatoms. The summed E-state index contributed by atoms with van der Waals surface area (Å²) in [5.74, 6) is -0.215. The average molecular weight is 444 g/mol. The van der Waals surface area contributed by atoms with Crippen LogP contribution in [0.4, 0.5) is 0 Å². The third kappa shape index (κ3) is 3.32. The van der Waals surface area contributed by atoms with Crippen LogP contribution < -0.4 is 0 Å². The number of rotatable bonds is 7. The number of carboxylic acids is 1. The Morgan fingerprint density at radius 2 is 1.94 bits per heavy atom. The van der Waals surface area contributed by atoms with Crippen molar-refractivity contribution in [2.75, 3.05) is 0 Å². The quantitative estimate of drug-likeness (QED) is 0.347. The minimum absolute atomic E-state index is 0.164. The molecule has 1 aliphatic heterocycles. The van der Waals surface area contributed by atoms with Crippen LogP contribution in [0.1, 0.15) is 67.1 Å². The number of aromatic carboxylic acids is 1. The van der Waals surface area contributed by atoms with E-state index < -0.39 is 11.6 Å². The zero-order valence-corrected chi connectivity index (χ0v) is 18.6. The van der Waals surface area contributed by atoms with Crippen molar-refractivity contribution >= 4 is 5.97 Å². The molecule has 0 saturated heterocycles. The molecule has 0 fully saturated rings. The van der Waals surface area contributed by atoms with E-state index in [9.17, 15) is 15.0 Å². The predicted molar refractivity (Wildman–Crippen MR) is 121 cm³/mol. The van der Waals surface area contributed by atoms with E-state index in [4.69, 9.17) is 0 Å². The summed E-state index contributed by atoms with van der Waals surface area (Å²) in [5, 5.41) is 32.4. The number of hydrogen-bond donors (Lipinski definition) is 3. The summed E-state index contributed by atoms with van der Waals surface area (Å²) in [6, 6.07) is 14.1. The molecule has 0 amide bonds. The van der Waals surface area contributed by atoms with Gasteiger partial charge in [-0.2, -0.15) is 4.68 Å². The zero-order valence-electron chi connectivity index (χ0n) is 18.6. The Morgan fingerprint density at radius 1 is 1.18 bits per heavy atom. The minimum atomic E-state index is -1.37. The lowest BCUT2D eigenvalue weighted by molar-refractivity contribution is 0.0609. The van der Waals surface area contributed by atoms with Gasteiger partial charge in [0.05, 0.1) is 16.9 Å². The molecule has 2 aromatic heterocycles. The maximum atomic E-state index is 11.8. The highest BCUT2D eigenvalue weighted by Crippen LogP contribution is 2.48. The molecular formula is C24H24N6O3. The van der Waals surface area contributed by atoms with Gasteiger partial charge in [0.15, 0.2) is 11.5 Å². The van der Waals surface area contributed by atoms with E-state index in [-0.39, 0.29) is 17.3 Å². The molecule has 3 N–H and O–H groups in total. The fraction of sp³-hybridized carbons (Fsp3) is 0.292. The lowest BCUT2D eigenvalue weighted by atomic mass is 9.84. The van der Waals surface area contributed by atoms with E-state index in [1.165, 1.54) is 0 Å². The number of H-pyrrole nitrogens is 1. The molecule has 4 aromatic rings. The van der Waals surface area contributed by atoms with Gasteiger partial charge in [-0.05, 0) is 41.8 Å². The standard InChI is InChI=1S/C24H24N6O3/c1-4-8-16(21-25-18(23(31)32)20(26-21)24(2,3)33)15-12-11-14(13-9-6-5-7-10-13)19-17(15)22-27-28-29-30(19)22/h5-7,9-12,16,33H,4,8H2,1-3H3,(H,25,26)(H,31,32). The van der Waals surface area contributed by atoms with Crippen LogP contribution in [0.5, 0.6) is 0 Å². The van der Waals surface area contributed by atoms with Crippen LogP contribution in [-0.2, 0) is 5.60 Å². The molecule has 9 nitrogen and oxygen atoms in total. The van der Waals surface area contributed by atoms with Crippen molar-refractivity contribution in [3.05, 3.63) is 65.2 Å². The number of benzene rings is 2. The number of hydrogen-bond acceptors (Lipinski definition) is 6. The van der Waals surface area contributed by atoms with Crippen LogP contribution in [0.2, 0.25) is 0 Å². The fourth-order valence-corrected chi connectivity index (χ4v) is 4.53. The third-order valence-corrected chi connectivity index (χ3v) is 6.02. The number of aliphatic hydroxyl groups is 1. The first-order valence-electron chi connectivity index (χ1n) is 10.9. The van der Waals surface area contributed by atoms with Gasteiger partial charge in [0.2, 0.25) is 0 Å². The van der Waals surface area contributed by atoms with Gasteiger partial charge in [0, 0.05) is 11.5 Å². The van der Waals surface area contributed by atoms with Crippen LogP contribution in [0.15, 0.2) is 42.5 Å². The first-order chi connectivity index (χ1) is 15.8. The molecule has 0 radical (unpaired) electrons. The number of tetrazole rings is 1. The van der Waals surface area contributed by atoms with Crippen LogP contribution in [0, 0.1) is 0 Å².